The van der Waals surface area contributed by atoms with Gasteiger partial charge in [0.2, 0.25) is 0 Å². The fraction of sp³-hybridized carbons (Fsp3) is 0.312. The van der Waals surface area contributed by atoms with Crippen molar-refractivity contribution >= 4 is 23.5 Å². The van der Waals surface area contributed by atoms with E-state index in [2.05, 4.69) is 10.4 Å². The van der Waals surface area contributed by atoms with Gasteiger partial charge in [-0.05, 0) is 31.0 Å². The molecule has 2 rings (SSSR count). The molecule has 1 heterocycles. The molecule has 0 aliphatic carbocycles. The van der Waals surface area contributed by atoms with E-state index in [1.54, 1.807) is 16.8 Å². The summed E-state index contributed by atoms with van der Waals surface area (Å²) >= 11 is 6.00. The zero-order chi connectivity index (χ0) is 16.8. The topological polar surface area (TPSA) is 84.2 Å². The number of carboxylic acids is 1. The van der Waals surface area contributed by atoms with Crippen molar-refractivity contribution in [3.05, 3.63) is 46.7 Å². The maximum atomic E-state index is 12.2. The van der Waals surface area contributed by atoms with Gasteiger partial charge in [-0.15, -0.1) is 0 Å². The normalized spacial score (nSPS) is 10.5. The van der Waals surface area contributed by atoms with Crippen LogP contribution in [0.2, 0.25) is 5.02 Å². The van der Waals surface area contributed by atoms with Gasteiger partial charge in [-0.1, -0.05) is 24.6 Å². The summed E-state index contributed by atoms with van der Waals surface area (Å²) in [6, 6.07) is 7.25. The number of carboxylic acid groups (broad SMARTS) is 1. The Morgan fingerprint density at radius 3 is 2.83 bits per heavy atom. The number of carbonyl (C=O) groups excluding carboxylic acids is 1. The molecule has 0 unspecified atom stereocenters. The van der Waals surface area contributed by atoms with Crippen molar-refractivity contribution in [1.29, 1.82) is 0 Å². The minimum Gasteiger partial charge on any atom is -0.481 e. The lowest BCUT2D eigenvalue weighted by molar-refractivity contribution is -0.137. The molecule has 122 valence electrons. The molecule has 0 saturated carbocycles. The first kappa shape index (κ1) is 17.0. The van der Waals surface area contributed by atoms with Crippen molar-refractivity contribution in [2.75, 3.05) is 6.54 Å². The lowest BCUT2D eigenvalue weighted by Gasteiger charge is -2.08. The van der Waals surface area contributed by atoms with Crippen LogP contribution in [0.15, 0.2) is 30.5 Å². The number of halogens is 1. The smallest absolute Gasteiger partial charge is 0.303 e. The number of nitrogens with one attached hydrogen (secondary N) is 1. The second-order valence-corrected chi connectivity index (χ2v) is 5.44. The molecule has 0 atom stereocenters. The predicted octanol–water partition coefficient (Wildman–Crippen LogP) is 2.68. The second kappa shape index (κ2) is 7.78. The number of nitrogens with zero attached hydrogens (tertiary/aromatic N) is 2. The molecule has 7 heteroatoms. The third-order valence-electron chi connectivity index (χ3n) is 3.35. The van der Waals surface area contributed by atoms with Gasteiger partial charge in [-0.2, -0.15) is 5.10 Å². The van der Waals surface area contributed by atoms with E-state index < -0.39 is 5.97 Å². The average Bonchev–Trinajstić information content (AvgIpc) is 2.95. The Kier molecular flexibility index (Phi) is 5.76. The molecule has 0 radical (unpaired) electrons. The van der Waals surface area contributed by atoms with Crippen LogP contribution in [0.4, 0.5) is 0 Å². The molecule has 2 aromatic rings. The number of hydrogen-bond acceptors (Lipinski definition) is 3. The Hall–Kier alpha value is -2.34. The van der Waals surface area contributed by atoms with Crippen LogP contribution < -0.4 is 5.32 Å². The molecule has 0 aliphatic rings. The van der Waals surface area contributed by atoms with E-state index in [1.807, 2.05) is 19.1 Å². The highest BCUT2D eigenvalue weighted by Crippen LogP contribution is 2.19. The maximum Gasteiger partial charge on any atom is 0.303 e. The average molecular weight is 336 g/mol. The monoisotopic (exact) mass is 335 g/mol. The van der Waals surface area contributed by atoms with Crippen LogP contribution in [0.3, 0.4) is 0 Å². The summed E-state index contributed by atoms with van der Waals surface area (Å²) in [6.07, 6.45) is 2.57. The summed E-state index contributed by atoms with van der Waals surface area (Å²) in [5.41, 5.74) is 2.06. The van der Waals surface area contributed by atoms with Crippen LogP contribution in [0.25, 0.3) is 5.69 Å². The number of aliphatic carboxylic acids is 1. The molecule has 6 nitrogen and oxygen atoms in total. The fourth-order valence-electron chi connectivity index (χ4n) is 2.27. The number of benzene rings is 1. The van der Waals surface area contributed by atoms with Gasteiger partial charge in [0, 0.05) is 18.0 Å². The summed E-state index contributed by atoms with van der Waals surface area (Å²) < 4.78 is 1.69. The van der Waals surface area contributed by atoms with Crippen molar-refractivity contribution in [2.24, 2.45) is 0 Å². The third kappa shape index (κ3) is 4.32. The van der Waals surface area contributed by atoms with Crippen LogP contribution in [0.1, 0.15) is 35.8 Å². The fourth-order valence-corrected chi connectivity index (χ4v) is 2.46. The first-order chi connectivity index (χ1) is 11.0. The lowest BCUT2D eigenvalue weighted by Crippen LogP contribution is -2.25. The first-order valence-corrected chi connectivity index (χ1v) is 7.73. The molecule has 1 aromatic heterocycles. The molecule has 0 saturated heterocycles. The zero-order valence-corrected chi connectivity index (χ0v) is 13.5. The van der Waals surface area contributed by atoms with Crippen molar-refractivity contribution < 1.29 is 14.7 Å². The summed E-state index contributed by atoms with van der Waals surface area (Å²) in [5.74, 6) is -1.12. The number of amides is 1. The van der Waals surface area contributed by atoms with Crippen LogP contribution in [0, 0.1) is 0 Å². The highest BCUT2D eigenvalue weighted by atomic mass is 35.5. The Morgan fingerprint density at radius 2 is 2.17 bits per heavy atom. The minimum atomic E-state index is -0.873. The van der Waals surface area contributed by atoms with Crippen molar-refractivity contribution in [3.8, 4) is 5.69 Å². The molecular weight excluding hydrogens is 318 g/mol. The number of carbonyl (C=O) groups is 2. The Morgan fingerprint density at radius 1 is 1.39 bits per heavy atom. The number of rotatable bonds is 7. The minimum absolute atomic E-state index is 0.0304. The van der Waals surface area contributed by atoms with Gasteiger partial charge in [-0.25, -0.2) is 4.68 Å². The van der Waals surface area contributed by atoms with Crippen LogP contribution in [0.5, 0.6) is 0 Å². The summed E-state index contributed by atoms with van der Waals surface area (Å²) in [4.78, 5) is 22.7. The van der Waals surface area contributed by atoms with E-state index in [0.717, 1.165) is 11.4 Å². The Bertz CT molecular complexity index is 712. The van der Waals surface area contributed by atoms with E-state index in [4.69, 9.17) is 16.7 Å². The Labute approximate surface area is 139 Å². The van der Waals surface area contributed by atoms with Gasteiger partial charge >= 0.3 is 5.97 Å². The van der Waals surface area contributed by atoms with E-state index >= 15 is 0 Å². The molecule has 1 amide bonds. The quantitative estimate of drug-likeness (QED) is 0.762. The molecule has 23 heavy (non-hydrogen) atoms. The van der Waals surface area contributed by atoms with Crippen molar-refractivity contribution in [3.63, 3.8) is 0 Å². The van der Waals surface area contributed by atoms with Crippen LogP contribution >= 0.6 is 11.6 Å². The maximum absolute atomic E-state index is 12.2. The van der Waals surface area contributed by atoms with E-state index in [9.17, 15) is 9.59 Å². The summed E-state index contributed by atoms with van der Waals surface area (Å²) in [5, 5.41) is 16.2. The van der Waals surface area contributed by atoms with Crippen molar-refractivity contribution in [1.82, 2.24) is 15.1 Å². The molecule has 0 bridgehead atoms. The molecule has 1 aromatic carbocycles. The zero-order valence-electron chi connectivity index (χ0n) is 12.8. The van der Waals surface area contributed by atoms with Gasteiger partial charge in [0.15, 0.2) is 0 Å². The molecule has 0 fully saturated rings. The standard InChI is InChI=1S/C16H18ClN3O3/c1-2-14-13(16(23)18-8-4-7-15(21)22)10-19-20(14)12-6-3-5-11(17)9-12/h3,5-6,9-10H,2,4,7-8H2,1H3,(H,18,23)(H,21,22). The van der Waals surface area contributed by atoms with E-state index in [0.29, 0.717) is 30.0 Å². The molecule has 0 spiro atoms. The molecule has 0 aliphatic heterocycles. The number of hydrogen-bond donors (Lipinski definition) is 2. The van der Waals surface area contributed by atoms with Gasteiger partial charge in [-0.3, -0.25) is 9.59 Å². The number of aromatic nitrogens is 2. The molecule has 2 N–H and O–H groups in total. The summed E-state index contributed by atoms with van der Waals surface area (Å²) in [7, 11) is 0. The highest BCUT2D eigenvalue weighted by molar-refractivity contribution is 6.30. The van der Waals surface area contributed by atoms with E-state index in [-0.39, 0.29) is 12.3 Å². The molecular formula is C16H18ClN3O3. The first-order valence-electron chi connectivity index (χ1n) is 7.35. The van der Waals surface area contributed by atoms with Gasteiger partial charge < -0.3 is 10.4 Å². The summed E-state index contributed by atoms with van der Waals surface area (Å²) in [6.45, 7) is 2.26. The SMILES string of the molecule is CCc1c(C(=O)NCCCC(=O)O)cnn1-c1cccc(Cl)c1. The van der Waals surface area contributed by atoms with Crippen molar-refractivity contribution in [2.45, 2.75) is 26.2 Å². The van der Waals surface area contributed by atoms with Gasteiger partial charge in [0.25, 0.3) is 5.91 Å². The van der Waals surface area contributed by atoms with Crippen LogP contribution in [-0.4, -0.2) is 33.3 Å². The lowest BCUT2D eigenvalue weighted by atomic mass is 10.2. The third-order valence-corrected chi connectivity index (χ3v) is 3.59. The van der Waals surface area contributed by atoms with Gasteiger partial charge in [0.05, 0.1) is 23.1 Å². The second-order valence-electron chi connectivity index (χ2n) is 5.00. The van der Waals surface area contributed by atoms with Gasteiger partial charge in [0.1, 0.15) is 0 Å². The Balaban J connectivity index is 2.14. The predicted molar refractivity (Wildman–Crippen MR) is 87.2 cm³/mol. The van der Waals surface area contributed by atoms with E-state index in [1.165, 1.54) is 6.20 Å². The van der Waals surface area contributed by atoms with Crippen LogP contribution in [-0.2, 0) is 11.2 Å². The largest absolute Gasteiger partial charge is 0.481 e. The highest BCUT2D eigenvalue weighted by Gasteiger charge is 2.17.